The summed E-state index contributed by atoms with van der Waals surface area (Å²) in [6, 6.07) is 4.67. The Kier molecular flexibility index (Phi) is 4.78. The standard InChI is InChI=1S/C15H24N2O3S/c1-11-6-4-5-7-14(11)17(2)21(18,19)12-8-9-13(16)15(10-12)20-3/h8-11,14H,4-7,16H2,1-3H3. The first-order valence-electron chi connectivity index (χ1n) is 7.29. The Morgan fingerprint density at radius 2 is 1.95 bits per heavy atom. The van der Waals surface area contributed by atoms with E-state index in [1.54, 1.807) is 13.1 Å². The third kappa shape index (κ3) is 3.16. The second-order valence-corrected chi connectivity index (χ2v) is 7.75. The molecule has 118 valence electrons. The molecule has 5 nitrogen and oxygen atoms in total. The van der Waals surface area contributed by atoms with Crippen LogP contribution in [0.3, 0.4) is 0 Å². The smallest absolute Gasteiger partial charge is 0.243 e. The van der Waals surface area contributed by atoms with E-state index in [0.717, 1.165) is 19.3 Å². The molecule has 0 heterocycles. The van der Waals surface area contributed by atoms with E-state index in [9.17, 15) is 8.42 Å². The van der Waals surface area contributed by atoms with E-state index < -0.39 is 10.0 Å². The van der Waals surface area contributed by atoms with Gasteiger partial charge in [0.05, 0.1) is 17.7 Å². The van der Waals surface area contributed by atoms with E-state index in [1.807, 2.05) is 0 Å². The molecule has 0 amide bonds. The summed E-state index contributed by atoms with van der Waals surface area (Å²) in [5.41, 5.74) is 6.19. The Morgan fingerprint density at radius 1 is 1.29 bits per heavy atom. The lowest BCUT2D eigenvalue weighted by Crippen LogP contribution is -2.42. The van der Waals surface area contributed by atoms with Gasteiger partial charge in [0.1, 0.15) is 5.75 Å². The molecule has 6 heteroatoms. The second-order valence-electron chi connectivity index (χ2n) is 5.75. The van der Waals surface area contributed by atoms with Gasteiger partial charge in [-0.15, -0.1) is 0 Å². The Balaban J connectivity index is 2.32. The van der Waals surface area contributed by atoms with Crippen LogP contribution in [0.5, 0.6) is 5.75 Å². The molecule has 21 heavy (non-hydrogen) atoms. The SMILES string of the molecule is COc1cc(S(=O)(=O)N(C)C2CCCCC2C)ccc1N. The van der Waals surface area contributed by atoms with E-state index in [2.05, 4.69) is 6.92 Å². The molecule has 2 rings (SSSR count). The van der Waals surface area contributed by atoms with E-state index in [4.69, 9.17) is 10.5 Å². The average molecular weight is 312 g/mol. The minimum absolute atomic E-state index is 0.0623. The van der Waals surface area contributed by atoms with Crippen molar-refractivity contribution in [1.82, 2.24) is 4.31 Å². The van der Waals surface area contributed by atoms with E-state index in [0.29, 0.717) is 17.4 Å². The molecule has 2 atom stereocenters. The van der Waals surface area contributed by atoms with Crippen LogP contribution in [0.15, 0.2) is 23.1 Å². The predicted molar refractivity (Wildman–Crippen MR) is 83.8 cm³/mol. The van der Waals surface area contributed by atoms with Crippen LogP contribution >= 0.6 is 0 Å². The molecular weight excluding hydrogens is 288 g/mol. The minimum atomic E-state index is -3.52. The van der Waals surface area contributed by atoms with Crippen LogP contribution in [0.25, 0.3) is 0 Å². The van der Waals surface area contributed by atoms with Crippen molar-refractivity contribution < 1.29 is 13.2 Å². The van der Waals surface area contributed by atoms with E-state index in [1.165, 1.54) is 30.0 Å². The molecule has 0 aromatic heterocycles. The van der Waals surface area contributed by atoms with Gasteiger partial charge in [-0.05, 0) is 30.9 Å². The first-order chi connectivity index (χ1) is 9.87. The molecule has 1 aromatic rings. The van der Waals surface area contributed by atoms with Crippen molar-refractivity contribution in [3.63, 3.8) is 0 Å². The largest absolute Gasteiger partial charge is 0.495 e. The molecule has 0 bridgehead atoms. The second kappa shape index (κ2) is 6.23. The van der Waals surface area contributed by atoms with Crippen LogP contribution < -0.4 is 10.5 Å². The molecule has 1 fully saturated rings. The maximum absolute atomic E-state index is 12.8. The summed E-state index contributed by atoms with van der Waals surface area (Å²) in [7, 11) is -0.371. The van der Waals surface area contributed by atoms with Gasteiger partial charge in [-0.3, -0.25) is 0 Å². The van der Waals surface area contributed by atoms with Crippen LogP contribution in [0.4, 0.5) is 5.69 Å². The first-order valence-corrected chi connectivity index (χ1v) is 8.73. The molecule has 1 saturated carbocycles. The lowest BCUT2D eigenvalue weighted by atomic mass is 9.86. The molecule has 0 radical (unpaired) electrons. The summed E-state index contributed by atoms with van der Waals surface area (Å²) in [5.74, 6) is 0.773. The molecular formula is C15H24N2O3S. The quantitative estimate of drug-likeness (QED) is 0.867. The third-order valence-electron chi connectivity index (χ3n) is 4.42. The lowest BCUT2D eigenvalue weighted by Gasteiger charge is -2.35. The fraction of sp³-hybridized carbons (Fsp3) is 0.600. The minimum Gasteiger partial charge on any atom is -0.495 e. The van der Waals surface area contributed by atoms with Gasteiger partial charge < -0.3 is 10.5 Å². The monoisotopic (exact) mass is 312 g/mol. The summed E-state index contributed by atoms with van der Waals surface area (Å²) in [5, 5.41) is 0. The highest BCUT2D eigenvalue weighted by molar-refractivity contribution is 7.89. The maximum atomic E-state index is 12.8. The number of anilines is 1. The lowest BCUT2D eigenvalue weighted by molar-refractivity contribution is 0.213. The number of benzene rings is 1. The van der Waals surface area contributed by atoms with Crippen molar-refractivity contribution in [2.75, 3.05) is 19.9 Å². The van der Waals surface area contributed by atoms with Crippen molar-refractivity contribution in [3.8, 4) is 5.75 Å². The number of methoxy groups -OCH3 is 1. The van der Waals surface area contributed by atoms with Crippen molar-refractivity contribution in [1.29, 1.82) is 0 Å². The van der Waals surface area contributed by atoms with Gasteiger partial charge in [0, 0.05) is 19.2 Å². The molecule has 1 aliphatic rings. The summed E-state index contributed by atoms with van der Waals surface area (Å²) < 4.78 is 32.2. The molecule has 0 aliphatic heterocycles. The first kappa shape index (κ1) is 16.1. The van der Waals surface area contributed by atoms with E-state index >= 15 is 0 Å². The van der Waals surface area contributed by atoms with Gasteiger partial charge in [0.25, 0.3) is 0 Å². The number of nitrogens with two attached hydrogens (primary N) is 1. The fourth-order valence-corrected chi connectivity index (χ4v) is 4.53. The molecule has 2 N–H and O–H groups in total. The zero-order chi connectivity index (χ0) is 15.6. The third-order valence-corrected chi connectivity index (χ3v) is 6.29. The predicted octanol–water partition coefficient (Wildman–Crippen LogP) is 2.48. The molecule has 1 aromatic carbocycles. The zero-order valence-corrected chi connectivity index (χ0v) is 13.7. The van der Waals surface area contributed by atoms with Gasteiger partial charge >= 0.3 is 0 Å². The zero-order valence-electron chi connectivity index (χ0n) is 12.9. The summed E-state index contributed by atoms with van der Waals surface area (Å²) in [6.07, 6.45) is 4.26. The number of hydrogen-bond acceptors (Lipinski definition) is 4. The number of hydrogen-bond donors (Lipinski definition) is 1. The van der Waals surface area contributed by atoms with Gasteiger partial charge in [-0.2, -0.15) is 4.31 Å². The summed E-state index contributed by atoms with van der Waals surface area (Å²) in [4.78, 5) is 0.230. The Hall–Kier alpha value is -1.27. The highest BCUT2D eigenvalue weighted by Crippen LogP contribution is 2.32. The Bertz CT molecular complexity index is 601. The Morgan fingerprint density at radius 3 is 2.57 bits per heavy atom. The van der Waals surface area contributed by atoms with Crippen molar-refractivity contribution in [3.05, 3.63) is 18.2 Å². The van der Waals surface area contributed by atoms with Crippen LogP contribution in [0.2, 0.25) is 0 Å². The topological polar surface area (TPSA) is 72.6 Å². The van der Waals surface area contributed by atoms with Crippen LogP contribution in [-0.4, -0.2) is 32.9 Å². The molecule has 1 aliphatic carbocycles. The Labute approximate surface area is 127 Å². The number of rotatable bonds is 4. The average Bonchev–Trinajstić information content (AvgIpc) is 2.47. The molecule has 0 saturated heterocycles. The van der Waals surface area contributed by atoms with Gasteiger partial charge in [-0.25, -0.2) is 8.42 Å². The van der Waals surface area contributed by atoms with Crippen LogP contribution in [0, 0.1) is 5.92 Å². The molecule has 0 spiro atoms. The van der Waals surface area contributed by atoms with Crippen LogP contribution in [0.1, 0.15) is 32.6 Å². The van der Waals surface area contributed by atoms with Crippen molar-refractivity contribution >= 4 is 15.7 Å². The fourth-order valence-electron chi connectivity index (χ4n) is 3.03. The normalized spacial score (nSPS) is 23.2. The summed E-state index contributed by atoms with van der Waals surface area (Å²) >= 11 is 0. The van der Waals surface area contributed by atoms with Gasteiger partial charge in [0.2, 0.25) is 10.0 Å². The number of sulfonamides is 1. The van der Waals surface area contributed by atoms with Crippen molar-refractivity contribution in [2.45, 2.75) is 43.5 Å². The van der Waals surface area contributed by atoms with Gasteiger partial charge in [-0.1, -0.05) is 19.8 Å². The number of nitrogen functional groups attached to an aromatic ring is 1. The maximum Gasteiger partial charge on any atom is 0.243 e. The van der Waals surface area contributed by atoms with Crippen molar-refractivity contribution in [2.24, 2.45) is 5.92 Å². The highest BCUT2D eigenvalue weighted by Gasteiger charge is 2.33. The van der Waals surface area contributed by atoms with Gasteiger partial charge in [0.15, 0.2) is 0 Å². The highest BCUT2D eigenvalue weighted by atomic mass is 32.2. The number of ether oxygens (including phenoxy) is 1. The molecule has 2 unspecified atom stereocenters. The number of nitrogens with zero attached hydrogens (tertiary/aromatic N) is 1. The van der Waals surface area contributed by atoms with Crippen LogP contribution in [-0.2, 0) is 10.0 Å². The summed E-state index contributed by atoms with van der Waals surface area (Å²) in [6.45, 7) is 2.12. The van der Waals surface area contributed by atoms with E-state index in [-0.39, 0.29) is 10.9 Å².